The van der Waals surface area contributed by atoms with Crippen molar-refractivity contribution in [3.63, 3.8) is 0 Å². The Bertz CT molecular complexity index is 1210. The Morgan fingerprint density at radius 3 is 2.38 bits per heavy atom. The van der Waals surface area contributed by atoms with Crippen molar-refractivity contribution in [2.75, 3.05) is 11.5 Å². The van der Waals surface area contributed by atoms with Gasteiger partial charge in [0.1, 0.15) is 17.3 Å². The number of amides is 1. The van der Waals surface area contributed by atoms with Crippen molar-refractivity contribution in [2.24, 2.45) is 0 Å². The molecule has 1 saturated heterocycles. The van der Waals surface area contributed by atoms with Crippen LogP contribution >= 0.6 is 11.6 Å². The SMILES string of the molecule is CCOc1ccc(/C(O)=C2\C(=O)C(=O)N(c3cccc(Cl)c3)C2c2ccc(F)cc2)cc1. The highest BCUT2D eigenvalue weighted by atomic mass is 35.5. The number of ether oxygens (including phenoxy) is 1. The van der Waals surface area contributed by atoms with Crippen LogP contribution < -0.4 is 9.64 Å². The van der Waals surface area contributed by atoms with Gasteiger partial charge in [-0.05, 0) is 67.1 Å². The molecule has 1 aliphatic rings. The molecule has 0 spiro atoms. The highest BCUT2D eigenvalue weighted by Gasteiger charge is 2.47. The van der Waals surface area contributed by atoms with Gasteiger partial charge >= 0.3 is 0 Å². The van der Waals surface area contributed by atoms with Gasteiger partial charge in [0, 0.05) is 16.3 Å². The van der Waals surface area contributed by atoms with Crippen molar-refractivity contribution < 1.29 is 23.8 Å². The van der Waals surface area contributed by atoms with Crippen LogP contribution in [0.5, 0.6) is 5.75 Å². The molecule has 1 atom stereocenters. The molecule has 3 aromatic carbocycles. The van der Waals surface area contributed by atoms with E-state index in [0.29, 0.717) is 34.2 Å². The fraction of sp³-hybridized carbons (Fsp3) is 0.120. The predicted octanol–water partition coefficient (Wildman–Crippen LogP) is 5.50. The molecule has 1 unspecified atom stereocenters. The van der Waals surface area contributed by atoms with Crippen LogP contribution in [0.1, 0.15) is 24.1 Å². The number of carbonyl (C=O) groups excluding carboxylic acids is 2. The van der Waals surface area contributed by atoms with Crippen molar-refractivity contribution in [1.29, 1.82) is 0 Å². The lowest BCUT2D eigenvalue weighted by Crippen LogP contribution is -2.29. The van der Waals surface area contributed by atoms with Gasteiger partial charge in [0.2, 0.25) is 0 Å². The molecule has 32 heavy (non-hydrogen) atoms. The minimum absolute atomic E-state index is 0.0919. The Hall–Kier alpha value is -3.64. The number of ketones is 1. The Morgan fingerprint density at radius 2 is 1.75 bits per heavy atom. The molecular formula is C25H19ClFNO4. The Morgan fingerprint density at radius 1 is 1.06 bits per heavy atom. The van der Waals surface area contributed by atoms with Crippen molar-refractivity contribution in [3.05, 3.63) is 100 Å². The smallest absolute Gasteiger partial charge is 0.300 e. The van der Waals surface area contributed by atoms with Gasteiger partial charge < -0.3 is 9.84 Å². The van der Waals surface area contributed by atoms with Gasteiger partial charge in [-0.1, -0.05) is 29.8 Å². The fourth-order valence-electron chi connectivity index (χ4n) is 3.72. The summed E-state index contributed by atoms with van der Waals surface area (Å²) in [6, 6.07) is 17.5. The van der Waals surface area contributed by atoms with E-state index in [-0.39, 0.29) is 11.3 Å². The normalized spacial score (nSPS) is 17.6. The number of benzene rings is 3. The van der Waals surface area contributed by atoms with Crippen LogP contribution in [0.2, 0.25) is 5.02 Å². The quantitative estimate of drug-likeness (QED) is 0.316. The first-order valence-corrected chi connectivity index (χ1v) is 10.3. The average molecular weight is 452 g/mol. The summed E-state index contributed by atoms with van der Waals surface area (Å²) in [5, 5.41) is 11.5. The predicted molar refractivity (Wildman–Crippen MR) is 120 cm³/mol. The first-order chi connectivity index (χ1) is 15.4. The lowest BCUT2D eigenvalue weighted by atomic mass is 9.95. The van der Waals surface area contributed by atoms with Crippen molar-refractivity contribution in [1.82, 2.24) is 0 Å². The van der Waals surface area contributed by atoms with Crippen LogP contribution in [0.4, 0.5) is 10.1 Å². The van der Waals surface area contributed by atoms with Gasteiger partial charge in [0.15, 0.2) is 0 Å². The van der Waals surface area contributed by atoms with Crippen molar-refractivity contribution >= 4 is 34.7 Å². The monoisotopic (exact) mass is 451 g/mol. The Balaban J connectivity index is 1.89. The molecule has 1 fully saturated rings. The molecule has 0 saturated carbocycles. The zero-order valence-electron chi connectivity index (χ0n) is 17.1. The maximum Gasteiger partial charge on any atom is 0.300 e. The minimum Gasteiger partial charge on any atom is -0.507 e. The summed E-state index contributed by atoms with van der Waals surface area (Å²) in [7, 11) is 0. The number of rotatable bonds is 5. The van der Waals surface area contributed by atoms with Gasteiger partial charge in [0.25, 0.3) is 11.7 Å². The summed E-state index contributed by atoms with van der Waals surface area (Å²) >= 11 is 6.11. The van der Waals surface area contributed by atoms with E-state index in [1.54, 1.807) is 48.5 Å². The molecule has 3 aromatic rings. The summed E-state index contributed by atoms with van der Waals surface area (Å²) < 4.78 is 19.0. The number of anilines is 1. The van der Waals surface area contributed by atoms with E-state index in [1.165, 1.54) is 29.2 Å². The number of carbonyl (C=O) groups is 2. The number of halogens is 2. The zero-order valence-corrected chi connectivity index (χ0v) is 17.8. The van der Waals surface area contributed by atoms with Crippen molar-refractivity contribution in [2.45, 2.75) is 13.0 Å². The second-order valence-corrected chi connectivity index (χ2v) is 7.59. The number of aliphatic hydroxyl groups excluding tert-OH is 1. The lowest BCUT2D eigenvalue weighted by Gasteiger charge is -2.25. The first-order valence-electron chi connectivity index (χ1n) is 9.96. The van der Waals surface area contributed by atoms with Gasteiger partial charge in [-0.3, -0.25) is 14.5 Å². The van der Waals surface area contributed by atoms with E-state index in [2.05, 4.69) is 0 Å². The Labute approximate surface area is 189 Å². The summed E-state index contributed by atoms with van der Waals surface area (Å²) in [5.41, 5.74) is 1.12. The molecule has 0 bridgehead atoms. The molecule has 1 aliphatic heterocycles. The highest BCUT2D eigenvalue weighted by molar-refractivity contribution is 6.51. The second kappa shape index (κ2) is 8.85. The lowest BCUT2D eigenvalue weighted by molar-refractivity contribution is -0.132. The summed E-state index contributed by atoms with van der Waals surface area (Å²) in [6.45, 7) is 2.34. The number of hydrogen-bond donors (Lipinski definition) is 1. The Kier molecular flexibility index (Phi) is 5.97. The van der Waals surface area contributed by atoms with Crippen LogP contribution in [0.25, 0.3) is 5.76 Å². The van der Waals surface area contributed by atoms with E-state index in [4.69, 9.17) is 16.3 Å². The van der Waals surface area contributed by atoms with E-state index in [1.807, 2.05) is 6.92 Å². The van der Waals surface area contributed by atoms with Crippen LogP contribution in [-0.4, -0.2) is 23.4 Å². The van der Waals surface area contributed by atoms with Crippen LogP contribution in [0.15, 0.2) is 78.4 Å². The van der Waals surface area contributed by atoms with Gasteiger partial charge in [-0.15, -0.1) is 0 Å². The molecule has 1 N–H and O–H groups in total. The minimum atomic E-state index is -0.958. The highest BCUT2D eigenvalue weighted by Crippen LogP contribution is 2.42. The maximum atomic E-state index is 13.6. The zero-order chi connectivity index (χ0) is 22.8. The number of aliphatic hydroxyl groups is 1. The third kappa shape index (κ3) is 3.97. The molecule has 0 radical (unpaired) electrons. The molecule has 1 heterocycles. The van der Waals surface area contributed by atoms with Gasteiger partial charge in [-0.2, -0.15) is 0 Å². The summed E-state index contributed by atoms with van der Waals surface area (Å²) in [4.78, 5) is 27.4. The molecule has 162 valence electrons. The molecule has 5 nitrogen and oxygen atoms in total. The largest absolute Gasteiger partial charge is 0.507 e. The second-order valence-electron chi connectivity index (χ2n) is 7.16. The molecule has 0 aromatic heterocycles. The molecular weight excluding hydrogens is 433 g/mol. The topological polar surface area (TPSA) is 66.8 Å². The average Bonchev–Trinajstić information content (AvgIpc) is 3.05. The van der Waals surface area contributed by atoms with E-state index >= 15 is 0 Å². The third-order valence-corrected chi connectivity index (χ3v) is 5.39. The summed E-state index contributed by atoms with van der Waals surface area (Å²) in [6.07, 6.45) is 0. The molecule has 1 amide bonds. The van der Waals surface area contributed by atoms with E-state index < -0.39 is 23.5 Å². The van der Waals surface area contributed by atoms with Crippen molar-refractivity contribution in [3.8, 4) is 5.75 Å². The standard InChI is InChI=1S/C25H19ClFNO4/c1-2-32-20-12-8-16(9-13-20)23(29)21-22(15-6-10-18(27)11-7-15)28(25(31)24(21)30)19-5-3-4-17(26)14-19/h3-14,22,29H,2H2,1H3/b23-21+. The van der Waals surface area contributed by atoms with Gasteiger partial charge in [-0.25, -0.2) is 4.39 Å². The van der Waals surface area contributed by atoms with Gasteiger partial charge in [0.05, 0.1) is 18.2 Å². The number of nitrogens with zero attached hydrogens (tertiary/aromatic N) is 1. The van der Waals surface area contributed by atoms with Crippen LogP contribution in [0, 0.1) is 5.82 Å². The molecule has 0 aliphatic carbocycles. The number of Topliss-reactive ketones (excluding diaryl/α,β-unsaturated/α-hetero) is 1. The van der Waals surface area contributed by atoms with Crippen LogP contribution in [0.3, 0.4) is 0 Å². The maximum absolute atomic E-state index is 13.6. The van der Waals surface area contributed by atoms with E-state index in [0.717, 1.165) is 0 Å². The summed E-state index contributed by atoms with van der Waals surface area (Å²) in [5.74, 6) is -1.83. The van der Waals surface area contributed by atoms with E-state index in [9.17, 15) is 19.1 Å². The molecule has 4 rings (SSSR count). The van der Waals surface area contributed by atoms with Crippen LogP contribution in [-0.2, 0) is 9.59 Å². The fourth-order valence-corrected chi connectivity index (χ4v) is 3.90. The molecule has 7 heteroatoms. The number of hydrogen-bond acceptors (Lipinski definition) is 4. The first kappa shape index (κ1) is 21.6. The third-order valence-electron chi connectivity index (χ3n) is 5.16.